The summed E-state index contributed by atoms with van der Waals surface area (Å²) in [6.07, 6.45) is 4.65. The quantitative estimate of drug-likeness (QED) is 0.172. The van der Waals surface area contributed by atoms with Crippen molar-refractivity contribution in [2.45, 2.75) is 37.7 Å². The Bertz CT molecular complexity index is 1020. The average Bonchev–Trinajstić information content (AvgIpc) is 2.94. The SMILES string of the molecule is COc1ccc(C(CCCCN2CCC(C(O)(c3ccccc3)c3ccccc3)CC2)=NO)cc1. The fourth-order valence-corrected chi connectivity index (χ4v) is 5.26. The lowest BCUT2D eigenvalue weighted by molar-refractivity contribution is -0.0143. The first-order valence-corrected chi connectivity index (χ1v) is 12.6. The maximum absolute atomic E-state index is 12.0. The van der Waals surface area contributed by atoms with Crippen molar-refractivity contribution in [1.29, 1.82) is 0 Å². The van der Waals surface area contributed by atoms with E-state index in [1.54, 1.807) is 7.11 Å². The van der Waals surface area contributed by atoms with Crippen molar-refractivity contribution in [1.82, 2.24) is 4.90 Å². The van der Waals surface area contributed by atoms with Crippen molar-refractivity contribution in [3.8, 4) is 5.75 Å². The van der Waals surface area contributed by atoms with Gasteiger partial charge < -0.3 is 20.0 Å². The normalized spacial score (nSPS) is 15.8. The van der Waals surface area contributed by atoms with Gasteiger partial charge in [0.25, 0.3) is 0 Å². The second-order valence-electron chi connectivity index (χ2n) is 9.35. The number of hydrogen-bond donors (Lipinski definition) is 2. The molecule has 0 saturated carbocycles. The van der Waals surface area contributed by atoms with Crippen LogP contribution in [0.4, 0.5) is 0 Å². The summed E-state index contributed by atoms with van der Waals surface area (Å²) in [5.41, 5.74) is 2.61. The van der Waals surface area contributed by atoms with Crippen LogP contribution >= 0.6 is 0 Å². The Labute approximate surface area is 208 Å². The summed E-state index contributed by atoms with van der Waals surface area (Å²) in [5.74, 6) is 0.965. The second kappa shape index (κ2) is 12.0. The molecule has 0 amide bonds. The minimum atomic E-state index is -0.973. The number of rotatable bonds is 10. The number of oxime groups is 1. The summed E-state index contributed by atoms with van der Waals surface area (Å²) >= 11 is 0. The number of nitrogens with zero attached hydrogens (tertiary/aromatic N) is 2. The molecule has 5 heteroatoms. The number of aliphatic hydroxyl groups is 1. The van der Waals surface area contributed by atoms with Crippen molar-refractivity contribution in [3.05, 3.63) is 102 Å². The summed E-state index contributed by atoms with van der Waals surface area (Å²) in [5, 5.41) is 25.0. The maximum Gasteiger partial charge on any atom is 0.118 e. The molecule has 1 saturated heterocycles. The highest BCUT2D eigenvalue weighted by molar-refractivity contribution is 6.00. The molecule has 0 aliphatic carbocycles. The van der Waals surface area contributed by atoms with Crippen LogP contribution in [0, 0.1) is 5.92 Å². The van der Waals surface area contributed by atoms with Gasteiger partial charge >= 0.3 is 0 Å². The summed E-state index contributed by atoms with van der Waals surface area (Å²) in [6.45, 7) is 2.97. The van der Waals surface area contributed by atoms with Crippen molar-refractivity contribution < 1.29 is 15.1 Å². The maximum atomic E-state index is 12.0. The molecule has 0 unspecified atom stereocenters. The summed E-state index contributed by atoms with van der Waals surface area (Å²) < 4.78 is 5.20. The lowest BCUT2D eigenvalue weighted by Gasteiger charge is -2.42. The van der Waals surface area contributed by atoms with E-state index in [2.05, 4.69) is 10.1 Å². The van der Waals surface area contributed by atoms with Crippen LogP contribution in [0.1, 0.15) is 48.8 Å². The van der Waals surface area contributed by atoms with Gasteiger partial charge in [-0.05, 0) is 98.6 Å². The highest BCUT2D eigenvalue weighted by atomic mass is 16.5. The van der Waals surface area contributed by atoms with E-state index in [0.717, 1.165) is 74.2 Å². The molecule has 2 N–H and O–H groups in total. The van der Waals surface area contributed by atoms with E-state index in [1.807, 2.05) is 84.9 Å². The van der Waals surface area contributed by atoms with Gasteiger partial charge in [-0.1, -0.05) is 65.8 Å². The van der Waals surface area contributed by atoms with Crippen LogP contribution in [0.15, 0.2) is 90.1 Å². The first-order valence-electron chi connectivity index (χ1n) is 12.6. The Kier molecular flexibility index (Phi) is 8.56. The molecule has 1 fully saturated rings. The number of methoxy groups -OCH3 is 1. The molecule has 1 aliphatic heterocycles. The van der Waals surface area contributed by atoms with Crippen LogP contribution in [-0.2, 0) is 5.60 Å². The first kappa shape index (κ1) is 25.0. The lowest BCUT2D eigenvalue weighted by Crippen LogP contribution is -2.44. The predicted octanol–water partition coefficient (Wildman–Crippen LogP) is 5.69. The first-order chi connectivity index (χ1) is 17.1. The number of hydrogen-bond acceptors (Lipinski definition) is 5. The van der Waals surface area contributed by atoms with Gasteiger partial charge in [0.05, 0.1) is 12.8 Å². The molecule has 184 valence electrons. The zero-order valence-electron chi connectivity index (χ0n) is 20.5. The number of benzene rings is 3. The Morgan fingerprint density at radius 3 is 1.97 bits per heavy atom. The Morgan fingerprint density at radius 2 is 1.46 bits per heavy atom. The molecule has 35 heavy (non-hydrogen) atoms. The number of ether oxygens (including phenoxy) is 1. The van der Waals surface area contributed by atoms with Gasteiger partial charge in [0.1, 0.15) is 11.4 Å². The summed E-state index contributed by atoms with van der Waals surface area (Å²) in [7, 11) is 1.64. The molecule has 1 heterocycles. The third-order valence-corrected chi connectivity index (χ3v) is 7.29. The largest absolute Gasteiger partial charge is 0.497 e. The number of unbranched alkanes of at least 4 members (excludes halogenated alkanes) is 1. The van der Waals surface area contributed by atoms with E-state index < -0.39 is 5.60 Å². The molecule has 3 aromatic carbocycles. The van der Waals surface area contributed by atoms with Crippen LogP contribution in [0.3, 0.4) is 0 Å². The smallest absolute Gasteiger partial charge is 0.118 e. The fourth-order valence-electron chi connectivity index (χ4n) is 5.26. The number of piperidine rings is 1. The monoisotopic (exact) mass is 472 g/mol. The van der Waals surface area contributed by atoms with Gasteiger partial charge in [-0.25, -0.2) is 0 Å². The molecule has 5 nitrogen and oxygen atoms in total. The van der Waals surface area contributed by atoms with E-state index in [0.29, 0.717) is 5.71 Å². The minimum absolute atomic E-state index is 0.173. The van der Waals surface area contributed by atoms with E-state index in [4.69, 9.17) is 4.74 Å². The third kappa shape index (κ3) is 5.92. The Balaban J connectivity index is 1.30. The molecule has 4 rings (SSSR count). The highest BCUT2D eigenvalue weighted by Gasteiger charge is 2.41. The molecular weight excluding hydrogens is 436 g/mol. The fraction of sp³-hybridized carbons (Fsp3) is 0.367. The molecule has 0 radical (unpaired) electrons. The molecule has 0 bridgehead atoms. The van der Waals surface area contributed by atoms with Gasteiger partial charge in [-0.3, -0.25) is 0 Å². The molecule has 0 spiro atoms. The standard InChI is InChI=1S/C30H36N2O3/c1-35-28-17-15-24(16-18-28)29(31-34)14-8-9-21-32-22-19-27(20-23-32)30(33,25-10-4-2-5-11-25)26-12-6-3-7-13-26/h2-7,10-13,15-18,27,33-34H,8-9,14,19-23H2,1H3. The van der Waals surface area contributed by atoms with Gasteiger partial charge in [0.15, 0.2) is 0 Å². The topological polar surface area (TPSA) is 65.3 Å². The second-order valence-corrected chi connectivity index (χ2v) is 9.35. The third-order valence-electron chi connectivity index (χ3n) is 7.29. The van der Waals surface area contributed by atoms with Crippen LogP contribution in [0.25, 0.3) is 0 Å². The molecule has 0 aromatic heterocycles. The lowest BCUT2D eigenvalue weighted by atomic mass is 9.72. The summed E-state index contributed by atoms with van der Waals surface area (Å²) in [6, 6.07) is 27.8. The van der Waals surface area contributed by atoms with Crippen LogP contribution in [0.5, 0.6) is 5.75 Å². The van der Waals surface area contributed by atoms with Gasteiger partial charge in [-0.15, -0.1) is 0 Å². The summed E-state index contributed by atoms with van der Waals surface area (Å²) in [4.78, 5) is 2.50. The van der Waals surface area contributed by atoms with Crippen molar-refractivity contribution in [2.75, 3.05) is 26.7 Å². The Hall–Kier alpha value is -3.15. The van der Waals surface area contributed by atoms with E-state index >= 15 is 0 Å². The van der Waals surface area contributed by atoms with Crippen LogP contribution in [0.2, 0.25) is 0 Å². The van der Waals surface area contributed by atoms with E-state index in [-0.39, 0.29) is 5.92 Å². The minimum Gasteiger partial charge on any atom is -0.497 e. The van der Waals surface area contributed by atoms with Gasteiger partial charge in [0, 0.05) is 0 Å². The van der Waals surface area contributed by atoms with Crippen molar-refractivity contribution >= 4 is 5.71 Å². The van der Waals surface area contributed by atoms with Crippen molar-refractivity contribution in [3.63, 3.8) is 0 Å². The van der Waals surface area contributed by atoms with Gasteiger partial charge in [0.2, 0.25) is 0 Å². The van der Waals surface area contributed by atoms with E-state index in [1.165, 1.54) is 0 Å². The van der Waals surface area contributed by atoms with Crippen LogP contribution in [-0.4, -0.2) is 47.7 Å². The molecule has 0 atom stereocenters. The highest BCUT2D eigenvalue weighted by Crippen LogP contribution is 2.41. The molecular formula is C30H36N2O3. The van der Waals surface area contributed by atoms with Crippen molar-refractivity contribution in [2.24, 2.45) is 11.1 Å². The predicted molar refractivity (Wildman–Crippen MR) is 140 cm³/mol. The average molecular weight is 473 g/mol. The molecule has 1 aliphatic rings. The Morgan fingerprint density at radius 1 is 0.886 bits per heavy atom. The van der Waals surface area contributed by atoms with Gasteiger partial charge in [-0.2, -0.15) is 0 Å². The van der Waals surface area contributed by atoms with E-state index in [9.17, 15) is 10.3 Å². The molecule has 3 aromatic rings. The zero-order valence-corrected chi connectivity index (χ0v) is 20.5. The zero-order chi connectivity index (χ0) is 24.5. The number of likely N-dealkylation sites (tertiary alicyclic amines) is 1. The van der Waals surface area contributed by atoms with Crippen LogP contribution < -0.4 is 4.74 Å².